The summed E-state index contributed by atoms with van der Waals surface area (Å²) in [6.45, 7) is 1.89. The lowest BCUT2D eigenvalue weighted by atomic mass is 10.0. The highest BCUT2D eigenvalue weighted by molar-refractivity contribution is 6.11. The lowest BCUT2D eigenvalue weighted by Gasteiger charge is -2.13. The van der Waals surface area contributed by atoms with Crippen LogP contribution in [0.3, 0.4) is 0 Å². The number of nitrogens with zero attached hydrogens (tertiary/aromatic N) is 1. The van der Waals surface area contributed by atoms with E-state index in [0.29, 0.717) is 22.7 Å². The summed E-state index contributed by atoms with van der Waals surface area (Å²) in [5.74, 6) is 0.0164. The number of methoxy groups -OCH3 is 2. The van der Waals surface area contributed by atoms with Gasteiger partial charge in [0, 0.05) is 23.9 Å². The molecule has 0 radical (unpaired) electrons. The van der Waals surface area contributed by atoms with Crippen LogP contribution >= 0.6 is 0 Å². The molecule has 1 heterocycles. The van der Waals surface area contributed by atoms with E-state index in [0.717, 1.165) is 5.56 Å². The van der Waals surface area contributed by atoms with Gasteiger partial charge in [0.15, 0.2) is 5.78 Å². The van der Waals surface area contributed by atoms with Crippen molar-refractivity contribution in [2.45, 2.75) is 6.92 Å². The Morgan fingerprint density at radius 3 is 2.11 bits per heavy atom. The Morgan fingerprint density at radius 1 is 0.771 bits per heavy atom. The zero-order chi connectivity index (χ0) is 24.9. The maximum Gasteiger partial charge on any atom is 0.343 e. The molecule has 7 nitrogen and oxygen atoms in total. The number of para-hydroxylation sites is 1. The van der Waals surface area contributed by atoms with Gasteiger partial charge in [-0.05, 0) is 61.0 Å². The largest absolute Gasteiger partial charge is 0.497 e. The molecular weight excluding hydrogens is 446 g/mol. The number of ether oxygens (including phenoxy) is 3. The number of carbonyl (C=O) groups is 2. The van der Waals surface area contributed by atoms with Crippen molar-refractivity contribution in [1.82, 2.24) is 4.57 Å². The zero-order valence-electron chi connectivity index (χ0n) is 19.5. The molecule has 4 rings (SSSR count). The number of hydrogen-bond donors (Lipinski definition) is 0. The maximum absolute atomic E-state index is 13.5. The minimum Gasteiger partial charge on any atom is -0.497 e. The fourth-order valence-electron chi connectivity index (χ4n) is 3.59. The highest BCUT2D eigenvalue weighted by Crippen LogP contribution is 2.28. The van der Waals surface area contributed by atoms with E-state index in [2.05, 4.69) is 0 Å². The molecule has 0 unspecified atom stereocenters. The fraction of sp³-hybridized carbons (Fsp3) is 0.107. The molecule has 176 valence electrons. The van der Waals surface area contributed by atoms with Gasteiger partial charge in [-0.15, -0.1) is 0 Å². The van der Waals surface area contributed by atoms with Crippen LogP contribution in [0.1, 0.15) is 31.8 Å². The molecule has 0 aliphatic heterocycles. The average Bonchev–Trinajstić information content (AvgIpc) is 2.89. The standard InChI is InChI=1S/C28H23NO6/c1-18-6-4-5-7-24(18)29-17-20(10-15-26(29)30)27(31)23-14-13-22(34-3)16-25(23)35-28(32)19-8-11-21(33-2)12-9-19/h4-17H,1-3H3. The summed E-state index contributed by atoms with van der Waals surface area (Å²) in [4.78, 5) is 38.8. The highest BCUT2D eigenvalue weighted by Gasteiger charge is 2.20. The predicted molar refractivity (Wildman–Crippen MR) is 131 cm³/mol. The number of esters is 1. The van der Waals surface area contributed by atoms with Gasteiger partial charge in [-0.2, -0.15) is 0 Å². The topological polar surface area (TPSA) is 83.8 Å². The van der Waals surface area contributed by atoms with Gasteiger partial charge in [-0.1, -0.05) is 18.2 Å². The van der Waals surface area contributed by atoms with Crippen LogP contribution in [0.25, 0.3) is 5.69 Å². The van der Waals surface area contributed by atoms with Gasteiger partial charge in [-0.25, -0.2) is 4.79 Å². The van der Waals surface area contributed by atoms with Crippen molar-refractivity contribution in [1.29, 1.82) is 0 Å². The Balaban J connectivity index is 1.71. The molecule has 0 bridgehead atoms. The quantitative estimate of drug-likeness (QED) is 0.223. The maximum atomic E-state index is 13.5. The third kappa shape index (κ3) is 4.99. The summed E-state index contributed by atoms with van der Waals surface area (Å²) in [5.41, 5.74) is 2.00. The van der Waals surface area contributed by atoms with Gasteiger partial charge < -0.3 is 14.2 Å². The Labute approximate surface area is 202 Å². The van der Waals surface area contributed by atoms with E-state index in [4.69, 9.17) is 14.2 Å². The first-order valence-electron chi connectivity index (χ1n) is 10.8. The summed E-state index contributed by atoms with van der Waals surface area (Å²) in [5, 5.41) is 0. The molecular formula is C28H23NO6. The highest BCUT2D eigenvalue weighted by atomic mass is 16.5. The first-order valence-corrected chi connectivity index (χ1v) is 10.8. The van der Waals surface area contributed by atoms with Crippen molar-refractivity contribution >= 4 is 11.8 Å². The number of benzene rings is 3. The predicted octanol–water partition coefficient (Wildman–Crippen LogP) is 4.61. The van der Waals surface area contributed by atoms with Crippen molar-refractivity contribution < 1.29 is 23.8 Å². The van der Waals surface area contributed by atoms with E-state index in [9.17, 15) is 14.4 Å². The summed E-state index contributed by atoms with van der Waals surface area (Å²) in [6.07, 6.45) is 1.49. The number of rotatable bonds is 7. The lowest BCUT2D eigenvalue weighted by Crippen LogP contribution is -2.20. The van der Waals surface area contributed by atoms with Gasteiger partial charge in [0.05, 0.1) is 31.0 Å². The number of carbonyl (C=O) groups excluding carboxylic acids is 2. The van der Waals surface area contributed by atoms with E-state index >= 15 is 0 Å². The molecule has 0 spiro atoms. The van der Waals surface area contributed by atoms with Crippen LogP contribution in [0.15, 0.2) is 89.9 Å². The number of hydrogen-bond acceptors (Lipinski definition) is 6. The summed E-state index contributed by atoms with van der Waals surface area (Å²) >= 11 is 0. The monoisotopic (exact) mass is 469 g/mol. The Bertz CT molecular complexity index is 1450. The SMILES string of the molecule is COc1ccc(C(=O)Oc2cc(OC)ccc2C(=O)c2ccc(=O)n(-c3ccccc3C)c2)cc1. The van der Waals surface area contributed by atoms with Gasteiger partial charge in [0.1, 0.15) is 17.2 Å². The Kier molecular flexibility index (Phi) is 6.78. The molecule has 3 aromatic carbocycles. The lowest BCUT2D eigenvalue weighted by molar-refractivity contribution is 0.0732. The Hall–Kier alpha value is -4.65. The smallest absolute Gasteiger partial charge is 0.343 e. The molecule has 0 N–H and O–H groups in total. The molecule has 0 saturated heterocycles. The molecule has 0 saturated carbocycles. The van der Waals surface area contributed by atoms with Crippen molar-refractivity contribution in [2.75, 3.05) is 14.2 Å². The molecule has 1 aromatic heterocycles. The minimum atomic E-state index is -0.639. The van der Waals surface area contributed by atoms with Crippen LogP contribution < -0.4 is 19.8 Å². The van der Waals surface area contributed by atoms with Crippen molar-refractivity contribution in [2.24, 2.45) is 0 Å². The van der Waals surface area contributed by atoms with E-state index in [1.807, 2.05) is 25.1 Å². The molecule has 0 amide bonds. The first-order chi connectivity index (χ1) is 16.9. The number of ketones is 1. The third-order valence-corrected chi connectivity index (χ3v) is 5.51. The Morgan fingerprint density at radius 2 is 1.43 bits per heavy atom. The molecule has 4 aromatic rings. The molecule has 7 heteroatoms. The second kappa shape index (κ2) is 10.1. The molecule has 0 aliphatic carbocycles. The number of pyridine rings is 1. The average molecular weight is 469 g/mol. The van der Waals surface area contributed by atoms with Gasteiger partial charge in [-0.3, -0.25) is 14.2 Å². The van der Waals surface area contributed by atoms with Crippen LogP contribution in [-0.4, -0.2) is 30.5 Å². The molecule has 0 fully saturated rings. The van der Waals surface area contributed by atoms with Crippen LogP contribution in [0.4, 0.5) is 0 Å². The third-order valence-electron chi connectivity index (χ3n) is 5.51. The first kappa shape index (κ1) is 23.5. The normalized spacial score (nSPS) is 10.5. The minimum absolute atomic E-state index is 0.0452. The summed E-state index contributed by atoms with van der Waals surface area (Å²) in [7, 11) is 3.01. The summed E-state index contributed by atoms with van der Waals surface area (Å²) < 4.78 is 17.4. The molecule has 35 heavy (non-hydrogen) atoms. The summed E-state index contributed by atoms with van der Waals surface area (Å²) in [6, 6.07) is 21.2. The zero-order valence-corrected chi connectivity index (χ0v) is 19.5. The fourth-order valence-corrected chi connectivity index (χ4v) is 3.59. The van der Waals surface area contributed by atoms with E-state index in [-0.39, 0.29) is 22.4 Å². The number of aryl methyl sites for hydroxylation is 1. The molecule has 0 aliphatic rings. The van der Waals surface area contributed by atoms with Crippen LogP contribution in [0, 0.1) is 6.92 Å². The number of aromatic nitrogens is 1. The van der Waals surface area contributed by atoms with E-state index in [1.54, 1.807) is 36.4 Å². The van der Waals surface area contributed by atoms with Crippen LogP contribution in [0.5, 0.6) is 17.2 Å². The second-order valence-corrected chi connectivity index (χ2v) is 7.72. The van der Waals surface area contributed by atoms with Crippen LogP contribution in [0.2, 0.25) is 0 Å². The van der Waals surface area contributed by atoms with Crippen molar-refractivity contribution in [3.63, 3.8) is 0 Å². The van der Waals surface area contributed by atoms with E-state index in [1.165, 1.54) is 49.2 Å². The van der Waals surface area contributed by atoms with Gasteiger partial charge in [0.25, 0.3) is 5.56 Å². The van der Waals surface area contributed by atoms with Gasteiger partial charge in [0.2, 0.25) is 0 Å². The molecule has 0 atom stereocenters. The van der Waals surface area contributed by atoms with Crippen molar-refractivity contribution in [3.8, 4) is 22.9 Å². The van der Waals surface area contributed by atoms with Gasteiger partial charge >= 0.3 is 5.97 Å². The second-order valence-electron chi connectivity index (χ2n) is 7.72. The van der Waals surface area contributed by atoms with Crippen LogP contribution in [-0.2, 0) is 0 Å². The van der Waals surface area contributed by atoms with Crippen molar-refractivity contribution in [3.05, 3.63) is 118 Å². The van der Waals surface area contributed by atoms with E-state index < -0.39 is 11.8 Å².